The summed E-state index contributed by atoms with van der Waals surface area (Å²) in [4.78, 5) is 0. The standard InChI is InChI=1S/C18H22N6S5/c19-18(15-24-5-10-29-15)16(11-20-1-6-25-11,12-21-2-7-26-12)17(18,13-22-3-8-27-13)14-23-4-9-28-14/h1-15,20-24H,19H2. The summed E-state index contributed by atoms with van der Waals surface area (Å²) in [6.07, 6.45) is 10.3. The fourth-order valence-corrected chi connectivity index (χ4v) is 11.9. The first-order valence-corrected chi connectivity index (χ1v) is 14.1. The van der Waals surface area contributed by atoms with E-state index in [1.807, 2.05) is 53.2 Å². The molecule has 0 radical (unpaired) electrons. The van der Waals surface area contributed by atoms with E-state index in [9.17, 15) is 0 Å². The van der Waals surface area contributed by atoms with E-state index in [4.69, 9.17) is 5.73 Å². The molecule has 0 aromatic heterocycles. The molecule has 154 valence electrons. The Labute approximate surface area is 191 Å². The Hall–Kier alpha value is -0.590. The molecule has 6 aliphatic rings. The van der Waals surface area contributed by atoms with Gasteiger partial charge in [-0.3, -0.25) is 0 Å². The van der Waals surface area contributed by atoms with Crippen LogP contribution in [0.25, 0.3) is 0 Å². The molecule has 6 nitrogen and oxygen atoms in total. The molecule has 0 amide bonds. The average Bonchev–Trinajstić information content (AvgIpc) is 3.52. The molecule has 0 aromatic carbocycles. The van der Waals surface area contributed by atoms with Crippen LogP contribution in [-0.2, 0) is 0 Å². The minimum absolute atomic E-state index is 0.0968. The van der Waals surface area contributed by atoms with E-state index >= 15 is 0 Å². The number of rotatable bonds is 5. The number of hydrogen-bond acceptors (Lipinski definition) is 11. The van der Waals surface area contributed by atoms with Crippen molar-refractivity contribution in [1.82, 2.24) is 26.6 Å². The molecular weight excluding hydrogens is 461 g/mol. The van der Waals surface area contributed by atoms with Gasteiger partial charge in [-0.25, -0.2) is 0 Å². The molecular formula is C18H22N6S5. The van der Waals surface area contributed by atoms with Crippen LogP contribution < -0.4 is 32.3 Å². The maximum Gasteiger partial charge on any atom is 0.0956 e. The third-order valence-electron chi connectivity index (χ3n) is 6.71. The lowest BCUT2D eigenvalue weighted by molar-refractivity contribution is 0.264. The quantitative estimate of drug-likeness (QED) is 0.349. The Morgan fingerprint density at radius 1 is 0.483 bits per heavy atom. The molecule has 0 aromatic rings. The molecule has 5 heterocycles. The van der Waals surface area contributed by atoms with Gasteiger partial charge in [0.1, 0.15) is 0 Å². The maximum absolute atomic E-state index is 7.68. The molecule has 1 aliphatic carbocycles. The fourth-order valence-electron chi connectivity index (χ4n) is 5.77. The van der Waals surface area contributed by atoms with Crippen LogP contribution in [0.3, 0.4) is 0 Å². The van der Waals surface area contributed by atoms with E-state index in [1.54, 1.807) is 11.8 Å². The van der Waals surface area contributed by atoms with E-state index in [1.165, 1.54) is 0 Å². The topological polar surface area (TPSA) is 86.2 Å². The number of thioether (sulfide) groups is 5. The van der Waals surface area contributed by atoms with Gasteiger partial charge in [0.2, 0.25) is 0 Å². The molecule has 7 N–H and O–H groups in total. The van der Waals surface area contributed by atoms with Gasteiger partial charge in [0.25, 0.3) is 0 Å². The first kappa shape index (κ1) is 19.1. The van der Waals surface area contributed by atoms with Crippen molar-refractivity contribution in [2.45, 2.75) is 32.4 Å². The normalized spacial score (nSPS) is 51.0. The average molecular weight is 483 g/mol. The van der Waals surface area contributed by atoms with Gasteiger partial charge in [-0.15, -0.1) is 58.8 Å². The predicted molar refractivity (Wildman–Crippen MR) is 130 cm³/mol. The van der Waals surface area contributed by atoms with Crippen molar-refractivity contribution in [3.05, 3.63) is 58.0 Å². The second kappa shape index (κ2) is 6.96. The summed E-state index contributed by atoms with van der Waals surface area (Å²) < 4.78 is 0. The van der Waals surface area contributed by atoms with Crippen molar-refractivity contribution in [1.29, 1.82) is 0 Å². The molecule has 0 spiro atoms. The lowest BCUT2D eigenvalue weighted by Gasteiger charge is -2.39. The first-order chi connectivity index (χ1) is 14.3. The Balaban J connectivity index is 1.55. The minimum atomic E-state index is -0.491. The van der Waals surface area contributed by atoms with Crippen LogP contribution in [0, 0.1) is 10.8 Å². The van der Waals surface area contributed by atoms with Crippen LogP contribution in [-0.4, -0.2) is 32.4 Å². The SMILES string of the molecule is NC1(C2NC=CS2)C(C2NC=CS2)(C2NC=CS2)C1(C1NC=CS1)C1NC=CS1. The van der Waals surface area contributed by atoms with Crippen molar-refractivity contribution in [3.8, 4) is 0 Å². The summed E-state index contributed by atoms with van der Waals surface area (Å²) in [6, 6.07) is 0. The van der Waals surface area contributed by atoms with Crippen LogP contribution in [0.5, 0.6) is 0 Å². The zero-order chi connectivity index (χ0) is 19.5. The number of nitrogens with one attached hydrogen (secondary N) is 5. The Bertz CT molecular complexity index is 703. The smallest absolute Gasteiger partial charge is 0.0956 e. The van der Waals surface area contributed by atoms with Crippen molar-refractivity contribution in [3.63, 3.8) is 0 Å². The van der Waals surface area contributed by atoms with E-state index in [0.29, 0.717) is 0 Å². The summed E-state index contributed by atoms with van der Waals surface area (Å²) in [7, 11) is 0. The Kier molecular flexibility index (Phi) is 4.59. The maximum atomic E-state index is 7.68. The summed E-state index contributed by atoms with van der Waals surface area (Å²) in [6.45, 7) is 0. The van der Waals surface area contributed by atoms with Gasteiger partial charge in [-0.1, -0.05) is 0 Å². The summed E-state index contributed by atoms with van der Waals surface area (Å²) in [5.41, 5.74) is 6.70. The second-order valence-corrected chi connectivity index (χ2v) is 12.6. The molecule has 5 atom stereocenters. The third-order valence-corrected chi connectivity index (χ3v) is 12.1. The van der Waals surface area contributed by atoms with E-state index in [2.05, 4.69) is 78.4 Å². The highest BCUT2D eigenvalue weighted by atomic mass is 32.2. The van der Waals surface area contributed by atoms with Crippen LogP contribution in [0.4, 0.5) is 0 Å². The van der Waals surface area contributed by atoms with Gasteiger partial charge in [0.05, 0.1) is 43.2 Å². The van der Waals surface area contributed by atoms with Gasteiger partial charge < -0.3 is 32.3 Å². The first-order valence-electron chi connectivity index (χ1n) is 9.39. The predicted octanol–water partition coefficient (Wildman–Crippen LogP) is 2.34. The Morgan fingerprint density at radius 3 is 1.00 bits per heavy atom. The lowest BCUT2D eigenvalue weighted by atomic mass is 9.90. The van der Waals surface area contributed by atoms with Crippen molar-refractivity contribution < 1.29 is 0 Å². The van der Waals surface area contributed by atoms with E-state index in [0.717, 1.165) is 0 Å². The molecule has 6 rings (SSSR count). The van der Waals surface area contributed by atoms with E-state index < -0.39 is 5.54 Å². The van der Waals surface area contributed by atoms with Gasteiger partial charge in [-0.2, -0.15) is 0 Å². The Morgan fingerprint density at radius 2 is 0.759 bits per heavy atom. The number of nitrogens with two attached hydrogens (primary N) is 1. The largest absolute Gasteiger partial charge is 0.378 e. The van der Waals surface area contributed by atoms with Crippen LogP contribution in [0.1, 0.15) is 0 Å². The fraction of sp³-hybridized carbons (Fsp3) is 0.444. The molecule has 0 saturated heterocycles. The van der Waals surface area contributed by atoms with Gasteiger partial charge in [0.15, 0.2) is 0 Å². The highest BCUT2D eigenvalue weighted by Gasteiger charge is 2.96. The zero-order valence-electron chi connectivity index (χ0n) is 15.3. The van der Waals surface area contributed by atoms with Crippen LogP contribution in [0.15, 0.2) is 58.0 Å². The molecule has 1 saturated carbocycles. The molecule has 11 heteroatoms. The van der Waals surface area contributed by atoms with Gasteiger partial charge in [0, 0.05) is 31.0 Å². The highest BCUT2D eigenvalue weighted by Crippen LogP contribution is 2.84. The van der Waals surface area contributed by atoms with Crippen LogP contribution >= 0.6 is 58.8 Å². The molecule has 5 aliphatic heterocycles. The summed E-state index contributed by atoms with van der Waals surface area (Å²) >= 11 is 9.22. The molecule has 29 heavy (non-hydrogen) atoms. The van der Waals surface area contributed by atoms with Gasteiger partial charge in [-0.05, 0) is 27.0 Å². The monoisotopic (exact) mass is 482 g/mol. The molecule has 1 fully saturated rings. The van der Waals surface area contributed by atoms with Gasteiger partial charge >= 0.3 is 0 Å². The van der Waals surface area contributed by atoms with Crippen LogP contribution in [0.2, 0.25) is 0 Å². The second-order valence-electron chi connectivity index (χ2n) is 7.53. The van der Waals surface area contributed by atoms with E-state index in [-0.39, 0.29) is 37.7 Å². The highest BCUT2D eigenvalue weighted by molar-refractivity contribution is 8.05. The number of hydrogen-bond donors (Lipinski definition) is 6. The zero-order valence-corrected chi connectivity index (χ0v) is 19.4. The van der Waals surface area contributed by atoms with Crippen molar-refractivity contribution in [2.75, 3.05) is 0 Å². The lowest BCUT2D eigenvalue weighted by Crippen LogP contribution is -2.55. The minimum Gasteiger partial charge on any atom is -0.378 e. The van der Waals surface area contributed by atoms with Crippen molar-refractivity contribution >= 4 is 58.8 Å². The van der Waals surface area contributed by atoms with Crippen molar-refractivity contribution in [2.24, 2.45) is 16.6 Å². The third kappa shape index (κ3) is 2.21. The summed E-state index contributed by atoms with van der Waals surface area (Å²) in [5.74, 6) is 0. The summed E-state index contributed by atoms with van der Waals surface area (Å²) in [5, 5.41) is 29.8. The molecule has 5 unspecified atom stereocenters. The molecule has 0 bridgehead atoms.